The lowest BCUT2D eigenvalue weighted by molar-refractivity contribution is 0.741. The molecule has 0 aliphatic carbocycles. The Kier molecular flexibility index (Phi) is 4.30. The second-order valence-corrected chi connectivity index (χ2v) is 4.95. The second kappa shape index (κ2) is 5.30. The summed E-state index contributed by atoms with van der Waals surface area (Å²) in [5.41, 5.74) is 9.45. The topological polar surface area (TPSA) is 29.3 Å². The smallest absolute Gasteiger partial charge is 0.0773 e. The maximum absolute atomic E-state index is 5.63. The Morgan fingerprint density at radius 1 is 1.44 bits per heavy atom. The van der Waals surface area contributed by atoms with Gasteiger partial charge in [-0.15, -0.1) is 0 Å². The lowest BCUT2D eigenvalue weighted by Gasteiger charge is -2.24. The Bertz CT molecular complexity index is 388. The Morgan fingerprint density at radius 3 is 2.56 bits per heavy atom. The molecule has 0 saturated heterocycles. The molecule has 0 aliphatic heterocycles. The van der Waals surface area contributed by atoms with Gasteiger partial charge in [0.2, 0.25) is 0 Å². The molecule has 3 heteroatoms. The van der Waals surface area contributed by atoms with Gasteiger partial charge in [-0.25, -0.2) is 0 Å². The molecule has 88 valence electrons. The van der Waals surface area contributed by atoms with Crippen molar-refractivity contribution < 1.29 is 0 Å². The first-order valence-electron chi connectivity index (χ1n) is 5.49. The molecule has 1 unspecified atom stereocenters. The Morgan fingerprint density at radius 2 is 2.06 bits per heavy atom. The van der Waals surface area contributed by atoms with Gasteiger partial charge in [-0.05, 0) is 25.5 Å². The summed E-state index contributed by atoms with van der Waals surface area (Å²) in [6.45, 7) is 7.15. The third-order valence-corrected chi connectivity index (χ3v) is 3.20. The number of aryl methyl sites for hydroxylation is 2. The first kappa shape index (κ1) is 13.0. The van der Waals surface area contributed by atoms with E-state index in [1.807, 2.05) is 0 Å². The Balaban J connectivity index is 2.80. The standard InChI is InChI=1S/C13H20N2S/c1-9-5-6-12(10(2)7-9)15(4)8-11(3)13(14)16/h5-7,11H,8H2,1-4H3,(H2,14,16). The summed E-state index contributed by atoms with van der Waals surface area (Å²) < 4.78 is 0. The highest BCUT2D eigenvalue weighted by atomic mass is 32.1. The number of nitrogens with zero attached hydrogens (tertiary/aromatic N) is 1. The highest BCUT2D eigenvalue weighted by Crippen LogP contribution is 2.20. The molecule has 0 heterocycles. The number of benzene rings is 1. The van der Waals surface area contributed by atoms with E-state index in [4.69, 9.17) is 18.0 Å². The van der Waals surface area contributed by atoms with Crippen LogP contribution >= 0.6 is 12.2 Å². The molecule has 1 rings (SSSR count). The molecule has 0 amide bonds. The van der Waals surface area contributed by atoms with E-state index < -0.39 is 0 Å². The number of thiocarbonyl (C=S) groups is 1. The maximum atomic E-state index is 5.63. The highest BCUT2D eigenvalue weighted by Gasteiger charge is 2.10. The first-order chi connectivity index (χ1) is 7.41. The van der Waals surface area contributed by atoms with E-state index in [2.05, 4.69) is 50.9 Å². The van der Waals surface area contributed by atoms with Gasteiger partial charge in [0.05, 0.1) is 4.99 Å². The molecule has 0 spiro atoms. The van der Waals surface area contributed by atoms with E-state index in [0.717, 1.165) is 6.54 Å². The zero-order valence-electron chi connectivity index (χ0n) is 10.4. The van der Waals surface area contributed by atoms with Gasteiger partial charge in [-0.1, -0.05) is 36.8 Å². The van der Waals surface area contributed by atoms with Crippen molar-refractivity contribution in [3.63, 3.8) is 0 Å². The van der Waals surface area contributed by atoms with Crippen LogP contribution in [0.5, 0.6) is 0 Å². The van der Waals surface area contributed by atoms with Crippen LogP contribution in [0.1, 0.15) is 18.1 Å². The molecular weight excluding hydrogens is 216 g/mol. The van der Waals surface area contributed by atoms with Crippen LogP contribution in [0.4, 0.5) is 5.69 Å². The lowest BCUT2D eigenvalue weighted by atomic mass is 10.1. The van der Waals surface area contributed by atoms with Crippen LogP contribution in [0.15, 0.2) is 18.2 Å². The molecule has 2 N–H and O–H groups in total. The van der Waals surface area contributed by atoms with E-state index in [1.54, 1.807) is 0 Å². The number of nitrogens with two attached hydrogens (primary N) is 1. The Hall–Kier alpha value is -1.09. The van der Waals surface area contributed by atoms with Crippen LogP contribution < -0.4 is 10.6 Å². The van der Waals surface area contributed by atoms with Crippen molar-refractivity contribution in [2.45, 2.75) is 20.8 Å². The third kappa shape index (κ3) is 3.20. The minimum absolute atomic E-state index is 0.237. The number of rotatable bonds is 4. The summed E-state index contributed by atoms with van der Waals surface area (Å²) >= 11 is 4.99. The van der Waals surface area contributed by atoms with Crippen molar-refractivity contribution in [3.05, 3.63) is 29.3 Å². The quantitative estimate of drug-likeness (QED) is 0.815. The molecule has 1 atom stereocenters. The van der Waals surface area contributed by atoms with Crippen LogP contribution in [0.2, 0.25) is 0 Å². The molecule has 1 aromatic rings. The van der Waals surface area contributed by atoms with Crippen LogP contribution in [-0.2, 0) is 0 Å². The van der Waals surface area contributed by atoms with Crippen LogP contribution in [-0.4, -0.2) is 18.6 Å². The molecule has 0 bridgehead atoms. The fourth-order valence-corrected chi connectivity index (χ4v) is 1.91. The Labute approximate surface area is 103 Å². The van der Waals surface area contributed by atoms with Gasteiger partial charge in [-0.2, -0.15) is 0 Å². The second-order valence-electron chi connectivity index (χ2n) is 4.47. The predicted molar refractivity (Wildman–Crippen MR) is 75.1 cm³/mol. The number of anilines is 1. The van der Waals surface area contributed by atoms with Crippen LogP contribution in [0.25, 0.3) is 0 Å². The minimum Gasteiger partial charge on any atom is -0.393 e. The van der Waals surface area contributed by atoms with Gasteiger partial charge in [0.15, 0.2) is 0 Å². The van der Waals surface area contributed by atoms with Gasteiger partial charge < -0.3 is 10.6 Å². The van der Waals surface area contributed by atoms with E-state index in [1.165, 1.54) is 16.8 Å². The summed E-state index contributed by atoms with van der Waals surface area (Å²) in [7, 11) is 2.08. The molecule has 0 aliphatic rings. The third-order valence-electron chi connectivity index (χ3n) is 2.80. The molecular formula is C13H20N2S. The molecule has 0 aromatic heterocycles. The molecule has 0 saturated carbocycles. The summed E-state index contributed by atoms with van der Waals surface area (Å²) in [6.07, 6.45) is 0. The van der Waals surface area contributed by atoms with Gasteiger partial charge in [-0.3, -0.25) is 0 Å². The van der Waals surface area contributed by atoms with Crippen molar-refractivity contribution in [2.24, 2.45) is 11.7 Å². The first-order valence-corrected chi connectivity index (χ1v) is 5.90. The van der Waals surface area contributed by atoms with Crippen LogP contribution in [0.3, 0.4) is 0 Å². The van der Waals surface area contributed by atoms with Gasteiger partial charge in [0, 0.05) is 25.2 Å². The maximum Gasteiger partial charge on any atom is 0.0773 e. The average molecular weight is 236 g/mol. The SMILES string of the molecule is Cc1ccc(N(C)CC(C)C(N)=S)c(C)c1. The zero-order valence-corrected chi connectivity index (χ0v) is 11.3. The van der Waals surface area contributed by atoms with E-state index >= 15 is 0 Å². The summed E-state index contributed by atoms with van der Waals surface area (Å²) in [5, 5.41) is 0. The van der Waals surface area contributed by atoms with Crippen molar-refractivity contribution in [3.8, 4) is 0 Å². The largest absolute Gasteiger partial charge is 0.393 e. The van der Waals surface area contributed by atoms with E-state index in [-0.39, 0.29) is 5.92 Å². The monoisotopic (exact) mass is 236 g/mol. The molecule has 0 fully saturated rings. The van der Waals surface area contributed by atoms with Gasteiger partial charge >= 0.3 is 0 Å². The van der Waals surface area contributed by atoms with Gasteiger partial charge in [0.25, 0.3) is 0 Å². The normalized spacial score (nSPS) is 12.2. The number of hydrogen-bond donors (Lipinski definition) is 1. The number of hydrogen-bond acceptors (Lipinski definition) is 2. The van der Waals surface area contributed by atoms with Gasteiger partial charge in [0.1, 0.15) is 0 Å². The van der Waals surface area contributed by atoms with E-state index in [9.17, 15) is 0 Å². The fraction of sp³-hybridized carbons (Fsp3) is 0.462. The summed E-state index contributed by atoms with van der Waals surface area (Å²) in [6, 6.07) is 6.47. The highest BCUT2D eigenvalue weighted by molar-refractivity contribution is 7.80. The zero-order chi connectivity index (χ0) is 12.3. The minimum atomic E-state index is 0.237. The van der Waals surface area contributed by atoms with Crippen LogP contribution in [0, 0.1) is 19.8 Å². The van der Waals surface area contributed by atoms with Crippen molar-refractivity contribution in [2.75, 3.05) is 18.5 Å². The average Bonchev–Trinajstić information content (AvgIpc) is 2.16. The molecule has 1 aromatic carbocycles. The fourth-order valence-electron chi connectivity index (χ4n) is 1.83. The lowest BCUT2D eigenvalue weighted by Crippen LogP contribution is -2.31. The van der Waals surface area contributed by atoms with Crippen molar-refractivity contribution in [1.82, 2.24) is 0 Å². The molecule has 16 heavy (non-hydrogen) atoms. The summed E-state index contributed by atoms with van der Waals surface area (Å²) in [4.78, 5) is 2.79. The molecule has 2 nitrogen and oxygen atoms in total. The van der Waals surface area contributed by atoms with Crippen molar-refractivity contribution in [1.29, 1.82) is 0 Å². The predicted octanol–water partition coefficient (Wildman–Crippen LogP) is 2.66. The summed E-state index contributed by atoms with van der Waals surface area (Å²) in [5.74, 6) is 0.237. The van der Waals surface area contributed by atoms with E-state index in [0.29, 0.717) is 4.99 Å². The van der Waals surface area contributed by atoms with Crippen molar-refractivity contribution >= 4 is 22.9 Å². The molecule has 0 radical (unpaired) electrons.